The van der Waals surface area contributed by atoms with E-state index in [0.717, 1.165) is 11.3 Å². The number of aliphatic hydroxyl groups is 1. The third-order valence-corrected chi connectivity index (χ3v) is 3.62. The molecule has 0 radical (unpaired) electrons. The average molecular weight is 302 g/mol. The van der Waals surface area contributed by atoms with Gasteiger partial charge in [0, 0.05) is 0 Å². The number of para-hydroxylation sites is 1. The largest absolute Gasteiger partial charge is 0.508 e. The highest BCUT2D eigenvalue weighted by Crippen LogP contribution is 2.18. The highest BCUT2D eigenvalue weighted by Gasteiger charge is 2.21. The quantitative estimate of drug-likeness (QED) is 0.731. The maximum absolute atomic E-state index is 10.4. The Labute approximate surface area is 131 Å². The molecule has 0 fully saturated rings. The molecule has 0 aliphatic heterocycles. The summed E-state index contributed by atoms with van der Waals surface area (Å²) in [5.41, 5.74) is 0.803. The molecule has 0 saturated heterocycles. The van der Waals surface area contributed by atoms with Gasteiger partial charge < -0.3 is 20.3 Å². The molecular formula is C18H24NO3+. The molecule has 0 aliphatic rings. The number of hydrogen-bond donors (Lipinski definition) is 3. The summed E-state index contributed by atoms with van der Waals surface area (Å²) in [7, 11) is 0. The van der Waals surface area contributed by atoms with E-state index >= 15 is 0 Å². The highest BCUT2D eigenvalue weighted by atomic mass is 16.5. The third-order valence-electron chi connectivity index (χ3n) is 3.62. The normalized spacial score (nSPS) is 15.0. The minimum atomic E-state index is -0.584. The summed E-state index contributed by atoms with van der Waals surface area (Å²) in [4.78, 5) is 0. The van der Waals surface area contributed by atoms with E-state index in [2.05, 4.69) is 12.2 Å². The Bertz CT molecular complexity index is 556. The van der Waals surface area contributed by atoms with E-state index in [1.165, 1.54) is 0 Å². The molecule has 118 valence electrons. The molecule has 0 bridgehead atoms. The van der Waals surface area contributed by atoms with Gasteiger partial charge in [-0.15, -0.1) is 0 Å². The van der Waals surface area contributed by atoms with Crippen molar-refractivity contribution in [2.75, 3.05) is 6.61 Å². The lowest BCUT2D eigenvalue weighted by molar-refractivity contribution is -0.723. The van der Waals surface area contributed by atoms with E-state index in [1.54, 1.807) is 24.3 Å². The molecule has 0 aliphatic carbocycles. The van der Waals surface area contributed by atoms with Gasteiger partial charge in [-0.3, -0.25) is 0 Å². The zero-order chi connectivity index (χ0) is 15.9. The van der Waals surface area contributed by atoms with Crippen LogP contribution in [0.4, 0.5) is 0 Å². The van der Waals surface area contributed by atoms with Crippen molar-refractivity contribution in [1.82, 2.24) is 0 Å². The topological polar surface area (TPSA) is 66.3 Å². The second kappa shape index (κ2) is 7.82. The number of quaternary nitrogens is 1. The smallest absolute Gasteiger partial charge is 0.139 e. The van der Waals surface area contributed by atoms with Crippen LogP contribution < -0.4 is 10.1 Å². The Hall–Kier alpha value is -2.04. The van der Waals surface area contributed by atoms with Crippen molar-refractivity contribution in [3.8, 4) is 11.5 Å². The number of phenolic OH excluding ortho intramolecular Hbond substituents is 1. The van der Waals surface area contributed by atoms with Crippen molar-refractivity contribution in [3.05, 3.63) is 60.2 Å². The van der Waals surface area contributed by atoms with E-state index in [9.17, 15) is 10.2 Å². The molecule has 4 nitrogen and oxygen atoms in total. The van der Waals surface area contributed by atoms with Crippen molar-refractivity contribution >= 4 is 0 Å². The summed E-state index contributed by atoms with van der Waals surface area (Å²) in [6.07, 6.45) is -0.584. The molecule has 3 atom stereocenters. The molecule has 22 heavy (non-hydrogen) atoms. The van der Waals surface area contributed by atoms with Crippen LogP contribution in [0.2, 0.25) is 0 Å². The predicted octanol–water partition coefficient (Wildman–Crippen LogP) is 1.84. The van der Waals surface area contributed by atoms with E-state index in [1.807, 2.05) is 37.3 Å². The number of aromatic hydroxyl groups is 1. The van der Waals surface area contributed by atoms with Crippen LogP contribution in [0.1, 0.15) is 25.5 Å². The number of ether oxygens (including phenoxy) is 1. The molecule has 4 N–H and O–H groups in total. The minimum absolute atomic E-state index is 0.00100. The van der Waals surface area contributed by atoms with Gasteiger partial charge in [0.25, 0.3) is 0 Å². The van der Waals surface area contributed by atoms with Gasteiger partial charge in [-0.2, -0.15) is 0 Å². The Morgan fingerprint density at radius 3 is 2.27 bits per heavy atom. The monoisotopic (exact) mass is 302 g/mol. The Balaban J connectivity index is 1.82. The van der Waals surface area contributed by atoms with Crippen LogP contribution in [0.15, 0.2) is 54.6 Å². The van der Waals surface area contributed by atoms with Gasteiger partial charge in [0.2, 0.25) is 0 Å². The molecule has 0 heterocycles. The third kappa shape index (κ3) is 4.76. The lowest BCUT2D eigenvalue weighted by Gasteiger charge is -2.21. The molecular weight excluding hydrogens is 278 g/mol. The second-order valence-electron chi connectivity index (χ2n) is 5.69. The van der Waals surface area contributed by atoms with Gasteiger partial charge >= 0.3 is 0 Å². The molecule has 0 spiro atoms. The van der Waals surface area contributed by atoms with E-state index in [4.69, 9.17) is 4.74 Å². The highest BCUT2D eigenvalue weighted by molar-refractivity contribution is 5.27. The van der Waals surface area contributed by atoms with Crippen molar-refractivity contribution < 1.29 is 20.3 Å². The number of aliphatic hydroxyl groups excluding tert-OH is 1. The second-order valence-corrected chi connectivity index (χ2v) is 5.69. The lowest BCUT2D eigenvalue weighted by atomic mass is 10.0. The van der Waals surface area contributed by atoms with Gasteiger partial charge in [0.05, 0.1) is 0 Å². The maximum Gasteiger partial charge on any atom is 0.139 e. The zero-order valence-electron chi connectivity index (χ0n) is 13.0. The van der Waals surface area contributed by atoms with Crippen molar-refractivity contribution in [2.45, 2.75) is 32.0 Å². The number of rotatable bonds is 7. The fourth-order valence-electron chi connectivity index (χ4n) is 2.40. The SMILES string of the molecule is CC(COc1ccccc1)[NH2+]C(C)C(O)c1ccc(O)cc1. The molecule has 2 aromatic carbocycles. The molecule has 0 saturated carbocycles. The maximum atomic E-state index is 10.4. The van der Waals surface area contributed by atoms with Gasteiger partial charge in [0.15, 0.2) is 0 Å². The van der Waals surface area contributed by atoms with Crippen molar-refractivity contribution in [1.29, 1.82) is 0 Å². The van der Waals surface area contributed by atoms with Crippen LogP contribution in [0.25, 0.3) is 0 Å². The number of benzene rings is 2. The molecule has 4 heteroatoms. The predicted molar refractivity (Wildman–Crippen MR) is 85.9 cm³/mol. The Morgan fingerprint density at radius 2 is 1.64 bits per heavy atom. The standard InChI is InChI=1S/C18H23NO3/c1-13(12-22-17-6-4-3-5-7-17)19-14(2)18(21)15-8-10-16(20)11-9-15/h3-11,13-14,18-21H,12H2,1-2H3/p+1. The number of hydrogen-bond acceptors (Lipinski definition) is 3. The van der Waals surface area contributed by atoms with E-state index in [0.29, 0.717) is 6.61 Å². The first-order valence-corrected chi connectivity index (χ1v) is 7.56. The summed E-state index contributed by atoms with van der Waals surface area (Å²) in [5, 5.41) is 21.8. The fraction of sp³-hybridized carbons (Fsp3) is 0.333. The molecule has 2 rings (SSSR count). The van der Waals surface area contributed by atoms with Crippen molar-refractivity contribution in [2.24, 2.45) is 0 Å². The summed E-state index contributed by atoms with van der Waals surface area (Å²) in [6.45, 7) is 4.64. The van der Waals surface area contributed by atoms with Gasteiger partial charge in [-0.25, -0.2) is 0 Å². The van der Waals surface area contributed by atoms with Crippen LogP contribution in [-0.4, -0.2) is 28.9 Å². The van der Waals surface area contributed by atoms with Gasteiger partial charge in [0.1, 0.15) is 36.3 Å². The Kier molecular flexibility index (Phi) is 5.81. The molecule has 2 aromatic rings. The van der Waals surface area contributed by atoms with Crippen LogP contribution in [0, 0.1) is 0 Å². The van der Waals surface area contributed by atoms with Crippen LogP contribution >= 0.6 is 0 Å². The fourth-order valence-corrected chi connectivity index (χ4v) is 2.40. The number of nitrogens with two attached hydrogens (primary N) is 1. The summed E-state index contributed by atoms with van der Waals surface area (Å²) in [5.74, 6) is 1.06. The van der Waals surface area contributed by atoms with Crippen molar-refractivity contribution in [3.63, 3.8) is 0 Å². The summed E-state index contributed by atoms with van der Waals surface area (Å²) >= 11 is 0. The first-order valence-electron chi connectivity index (χ1n) is 7.56. The zero-order valence-corrected chi connectivity index (χ0v) is 13.0. The minimum Gasteiger partial charge on any atom is -0.508 e. The first kappa shape index (κ1) is 16.3. The lowest BCUT2D eigenvalue weighted by Crippen LogP contribution is -2.95. The molecule has 0 aromatic heterocycles. The van der Waals surface area contributed by atoms with Crippen LogP contribution in [-0.2, 0) is 0 Å². The Morgan fingerprint density at radius 1 is 1.00 bits per heavy atom. The summed E-state index contributed by atoms with van der Waals surface area (Å²) in [6, 6.07) is 16.6. The molecule has 0 amide bonds. The summed E-state index contributed by atoms with van der Waals surface area (Å²) < 4.78 is 5.72. The van der Waals surface area contributed by atoms with E-state index in [-0.39, 0.29) is 17.8 Å². The molecule has 3 unspecified atom stereocenters. The van der Waals surface area contributed by atoms with Gasteiger partial charge in [-0.05, 0) is 43.7 Å². The van der Waals surface area contributed by atoms with E-state index < -0.39 is 6.10 Å². The average Bonchev–Trinajstić information content (AvgIpc) is 2.54. The van der Waals surface area contributed by atoms with Crippen LogP contribution in [0.5, 0.6) is 11.5 Å². The number of phenols is 1. The van der Waals surface area contributed by atoms with Gasteiger partial charge in [-0.1, -0.05) is 30.3 Å². The first-order chi connectivity index (χ1) is 10.6. The van der Waals surface area contributed by atoms with Crippen LogP contribution in [0.3, 0.4) is 0 Å².